The fourth-order valence-corrected chi connectivity index (χ4v) is 2.46. The average Bonchev–Trinajstić information content (AvgIpc) is 2.65. The van der Waals surface area contributed by atoms with E-state index in [2.05, 4.69) is 57.2 Å². The van der Waals surface area contributed by atoms with Crippen molar-refractivity contribution in [2.75, 3.05) is 0 Å². The molecule has 1 heteroatoms. The van der Waals surface area contributed by atoms with Gasteiger partial charge in [-0.2, -0.15) is 0 Å². The van der Waals surface area contributed by atoms with Crippen LogP contribution in [0.15, 0.2) is 54.5 Å². The van der Waals surface area contributed by atoms with E-state index in [0.717, 1.165) is 0 Å². The van der Waals surface area contributed by atoms with Crippen LogP contribution in [0.1, 0.15) is 12.5 Å². The summed E-state index contributed by atoms with van der Waals surface area (Å²) in [6, 6.07) is 12.9. The van der Waals surface area contributed by atoms with Gasteiger partial charge in [-0.15, -0.1) is 0 Å². The molecule has 0 unspecified atom stereocenters. The second-order valence-electron chi connectivity index (χ2n) is 4.19. The van der Waals surface area contributed by atoms with Crippen molar-refractivity contribution >= 4 is 29.1 Å². The lowest BCUT2D eigenvalue weighted by Crippen LogP contribution is -2.14. The minimum atomic E-state index is 1.26. The molecular weight excluding hydrogens is 191 g/mol. The van der Waals surface area contributed by atoms with E-state index in [4.69, 9.17) is 0 Å². The van der Waals surface area contributed by atoms with Crippen molar-refractivity contribution in [3.63, 3.8) is 0 Å². The summed E-state index contributed by atoms with van der Waals surface area (Å²) >= 11 is 0. The van der Waals surface area contributed by atoms with Crippen LogP contribution in [0, 0.1) is 0 Å². The quantitative estimate of drug-likeness (QED) is 0.624. The van der Waals surface area contributed by atoms with Crippen molar-refractivity contribution in [3.05, 3.63) is 60.1 Å². The largest absolute Gasteiger partial charge is 0.187 e. The molecule has 0 atom stereocenters. The second-order valence-corrected chi connectivity index (χ2v) is 4.19. The summed E-state index contributed by atoms with van der Waals surface area (Å²) < 4.78 is 0. The van der Waals surface area contributed by atoms with Gasteiger partial charge >= 0.3 is 0 Å². The molecule has 1 radical (unpaired) electrons. The fourth-order valence-electron chi connectivity index (χ4n) is 2.46. The Morgan fingerprint density at radius 2 is 1.94 bits per heavy atom. The van der Waals surface area contributed by atoms with Crippen LogP contribution in [0.5, 0.6) is 0 Å². The van der Waals surface area contributed by atoms with Crippen LogP contribution in [0.3, 0.4) is 0 Å². The maximum absolute atomic E-state index is 3.89. The molecule has 3 rings (SSSR count). The number of fused-ring (bicyclic) bond motifs is 3. The molecule has 75 valence electrons. The number of hydrogen-bond donors (Lipinski definition) is 0. The number of benzene rings is 2. The molecule has 0 amide bonds. The molecule has 0 aliphatic carbocycles. The minimum absolute atomic E-state index is 1.26. The van der Waals surface area contributed by atoms with Gasteiger partial charge in [-0.05, 0) is 21.9 Å². The highest BCUT2D eigenvalue weighted by atomic mass is 14.1. The summed E-state index contributed by atoms with van der Waals surface area (Å²) in [7, 11) is 2.26. The first kappa shape index (κ1) is 9.47. The molecule has 1 heterocycles. The van der Waals surface area contributed by atoms with Crippen LogP contribution in [0.2, 0.25) is 0 Å². The predicted molar refractivity (Wildman–Crippen MR) is 72.1 cm³/mol. The van der Waals surface area contributed by atoms with Gasteiger partial charge in [0.15, 0.2) is 7.28 Å². The Balaban J connectivity index is 2.35. The lowest BCUT2D eigenvalue weighted by atomic mass is 9.66. The zero-order valence-electron chi connectivity index (χ0n) is 9.33. The minimum Gasteiger partial charge on any atom is -0.0985 e. The van der Waals surface area contributed by atoms with Crippen molar-refractivity contribution < 1.29 is 0 Å². The summed E-state index contributed by atoms with van der Waals surface area (Å²) in [5.74, 6) is 0. The molecule has 1 aliphatic rings. The van der Waals surface area contributed by atoms with Gasteiger partial charge < -0.3 is 0 Å². The molecule has 2 aromatic carbocycles. The molecule has 0 saturated heterocycles. The van der Waals surface area contributed by atoms with Crippen LogP contribution >= 0.6 is 0 Å². The molecule has 0 aromatic heterocycles. The Morgan fingerprint density at radius 1 is 1.12 bits per heavy atom. The molecule has 1 aliphatic heterocycles. The first-order chi connectivity index (χ1) is 7.81. The van der Waals surface area contributed by atoms with Crippen molar-refractivity contribution in [1.29, 1.82) is 0 Å². The molecule has 0 saturated carbocycles. The van der Waals surface area contributed by atoms with E-state index in [-0.39, 0.29) is 0 Å². The van der Waals surface area contributed by atoms with Gasteiger partial charge in [0.1, 0.15) is 0 Å². The molecule has 0 bridgehead atoms. The third-order valence-corrected chi connectivity index (χ3v) is 3.25. The topological polar surface area (TPSA) is 0 Å². The van der Waals surface area contributed by atoms with Crippen molar-refractivity contribution in [3.8, 4) is 0 Å². The lowest BCUT2D eigenvalue weighted by Gasteiger charge is -2.06. The Kier molecular flexibility index (Phi) is 2.00. The SMILES string of the molecule is C=CC1=C(C)[B]c2c1ccc1ccccc21. The van der Waals surface area contributed by atoms with E-state index in [0.29, 0.717) is 0 Å². The summed E-state index contributed by atoms with van der Waals surface area (Å²) in [5, 5.41) is 2.63. The van der Waals surface area contributed by atoms with E-state index in [9.17, 15) is 0 Å². The van der Waals surface area contributed by atoms with Crippen LogP contribution in [-0.2, 0) is 0 Å². The van der Waals surface area contributed by atoms with Crippen molar-refractivity contribution in [1.82, 2.24) is 0 Å². The van der Waals surface area contributed by atoms with E-state index in [1.807, 2.05) is 6.08 Å². The van der Waals surface area contributed by atoms with Crippen LogP contribution < -0.4 is 5.46 Å². The third kappa shape index (κ3) is 1.18. The maximum Gasteiger partial charge on any atom is 0.187 e. The Morgan fingerprint density at radius 3 is 2.75 bits per heavy atom. The summed E-state index contributed by atoms with van der Waals surface area (Å²) in [6.07, 6.45) is 1.95. The molecule has 2 aromatic rings. The molecule has 16 heavy (non-hydrogen) atoms. The van der Waals surface area contributed by atoms with Gasteiger partial charge in [0.2, 0.25) is 0 Å². The predicted octanol–water partition coefficient (Wildman–Crippen LogP) is 3.10. The monoisotopic (exact) mass is 203 g/mol. The fraction of sp³-hybridized carbons (Fsp3) is 0.0667. The van der Waals surface area contributed by atoms with Gasteiger partial charge in [-0.3, -0.25) is 0 Å². The zero-order valence-corrected chi connectivity index (χ0v) is 9.33. The van der Waals surface area contributed by atoms with Gasteiger partial charge in [-0.25, -0.2) is 0 Å². The molecular formula is C15H12B. The highest BCUT2D eigenvalue weighted by Gasteiger charge is 2.19. The van der Waals surface area contributed by atoms with E-state index in [1.54, 1.807) is 0 Å². The first-order valence-electron chi connectivity index (χ1n) is 5.51. The van der Waals surface area contributed by atoms with Gasteiger partial charge in [0, 0.05) is 0 Å². The number of hydrogen-bond acceptors (Lipinski definition) is 0. The second kappa shape index (κ2) is 3.38. The maximum atomic E-state index is 3.89. The van der Waals surface area contributed by atoms with Crippen molar-refractivity contribution in [2.45, 2.75) is 6.92 Å². The summed E-state index contributed by atoms with van der Waals surface area (Å²) in [4.78, 5) is 0. The highest BCUT2D eigenvalue weighted by Crippen LogP contribution is 2.27. The molecule has 0 fully saturated rings. The smallest absolute Gasteiger partial charge is 0.0985 e. The van der Waals surface area contributed by atoms with E-state index < -0.39 is 0 Å². The Labute approximate surface area is 96.5 Å². The van der Waals surface area contributed by atoms with Crippen LogP contribution in [0.4, 0.5) is 0 Å². The third-order valence-electron chi connectivity index (χ3n) is 3.25. The number of allylic oxidation sites excluding steroid dienone is 3. The molecule has 0 spiro atoms. The van der Waals surface area contributed by atoms with Gasteiger partial charge in [-0.1, -0.05) is 66.9 Å². The van der Waals surface area contributed by atoms with E-state index in [1.165, 1.54) is 32.8 Å². The average molecular weight is 203 g/mol. The summed E-state index contributed by atoms with van der Waals surface area (Å²) in [5.41, 5.74) is 5.22. The standard InChI is InChI=1S/C15H12B/c1-3-12-10(2)16-15-13-7-5-4-6-11(13)8-9-14(12)15/h3-9H,1H2,2H3. The molecule has 0 nitrogen and oxygen atoms in total. The van der Waals surface area contributed by atoms with Crippen LogP contribution in [-0.4, -0.2) is 7.28 Å². The Hall–Kier alpha value is -1.76. The summed E-state index contributed by atoms with van der Waals surface area (Å²) in [6.45, 7) is 6.04. The Bertz CT molecular complexity index is 620. The van der Waals surface area contributed by atoms with Gasteiger partial charge in [0.05, 0.1) is 0 Å². The van der Waals surface area contributed by atoms with Crippen LogP contribution in [0.25, 0.3) is 16.3 Å². The first-order valence-corrected chi connectivity index (χ1v) is 5.51. The normalized spacial score (nSPS) is 13.8. The highest BCUT2D eigenvalue weighted by molar-refractivity contribution is 6.69. The zero-order chi connectivity index (χ0) is 11.1. The van der Waals surface area contributed by atoms with Crippen molar-refractivity contribution in [2.24, 2.45) is 0 Å². The lowest BCUT2D eigenvalue weighted by molar-refractivity contribution is 1.66. The number of rotatable bonds is 1. The van der Waals surface area contributed by atoms with Gasteiger partial charge in [0.25, 0.3) is 0 Å². The van der Waals surface area contributed by atoms with E-state index >= 15 is 0 Å². The molecule has 0 N–H and O–H groups in total.